The molecule has 0 aliphatic rings. The molecule has 0 bridgehead atoms. The third-order valence-corrected chi connectivity index (χ3v) is 3.90. The molecule has 0 fully saturated rings. The number of ketones is 1. The molecule has 0 atom stereocenters. The Bertz CT molecular complexity index is 537. The van der Waals surface area contributed by atoms with Gasteiger partial charge in [-0.25, -0.2) is 13.1 Å². The van der Waals surface area contributed by atoms with Gasteiger partial charge in [-0.2, -0.15) is 0 Å². The van der Waals surface area contributed by atoms with Gasteiger partial charge >= 0.3 is 0 Å². The van der Waals surface area contributed by atoms with E-state index in [1.807, 2.05) is 0 Å². The zero-order valence-electron chi connectivity index (χ0n) is 10.7. The van der Waals surface area contributed by atoms with Gasteiger partial charge in [-0.1, -0.05) is 0 Å². The number of carbonyl (C=O) groups is 1. The molecule has 6 heteroatoms. The molecule has 100 valence electrons. The van der Waals surface area contributed by atoms with E-state index < -0.39 is 10.0 Å². The van der Waals surface area contributed by atoms with Crippen molar-refractivity contribution in [1.82, 2.24) is 4.72 Å². The average molecular weight is 271 g/mol. The van der Waals surface area contributed by atoms with E-state index in [-0.39, 0.29) is 23.6 Å². The minimum atomic E-state index is -3.56. The first-order valence-corrected chi connectivity index (χ1v) is 6.99. The largest absolute Gasteiger partial charge is 0.496 e. The predicted octanol–water partition coefficient (Wildman–Crippen LogP) is 1.26. The topological polar surface area (TPSA) is 72.5 Å². The minimum absolute atomic E-state index is 0.0522. The maximum atomic E-state index is 11.9. The van der Waals surface area contributed by atoms with Crippen molar-refractivity contribution < 1.29 is 17.9 Å². The molecule has 0 heterocycles. The summed E-state index contributed by atoms with van der Waals surface area (Å²) in [5, 5.41) is 0. The molecule has 0 saturated heterocycles. The first-order valence-electron chi connectivity index (χ1n) is 5.50. The van der Waals surface area contributed by atoms with Crippen molar-refractivity contribution in [2.24, 2.45) is 0 Å². The summed E-state index contributed by atoms with van der Waals surface area (Å²) in [6.07, 6.45) is 0.189. The van der Waals surface area contributed by atoms with E-state index in [0.29, 0.717) is 5.75 Å². The van der Waals surface area contributed by atoms with Crippen LogP contribution in [-0.4, -0.2) is 27.9 Å². The van der Waals surface area contributed by atoms with Gasteiger partial charge < -0.3 is 4.74 Å². The zero-order chi connectivity index (χ0) is 13.8. The van der Waals surface area contributed by atoms with E-state index in [4.69, 9.17) is 4.74 Å². The number of hydrogen-bond donors (Lipinski definition) is 1. The van der Waals surface area contributed by atoms with Crippen molar-refractivity contribution in [3.8, 4) is 5.75 Å². The van der Waals surface area contributed by atoms with Crippen molar-refractivity contribution >= 4 is 15.8 Å². The Morgan fingerprint density at radius 2 is 2.06 bits per heavy atom. The average Bonchev–Trinajstić information content (AvgIpc) is 2.28. The lowest BCUT2D eigenvalue weighted by Crippen LogP contribution is -2.26. The molecular weight excluding hydrogens is 254 g/mol. The summed E-state index contributed by atoms with van der Waals surface area (Å²) < 4.78 is 31.3. The van der Waals surface area contributed by atoms with Crippen LogP contribution < -0.4 is 9.46 Å². The summed E-state index contributed by atoms with van der Waals surface area (Å²) >= 11 is 0. The number of methoxy groups -OCH3 is 1. The number of nitrogens with one attached hydrogen (secondary N) is 1. The van der Waals surface area contributed by atoms with Crippen molar-refractivity contribution in [3.63, 3.8) is 0 Å². The summed E-state index contributed by atoms with van der Waals surface area (Å²) in [5.74, 6) is 0.585. The highest BCUT2D eigenvalue weighted by atomic mass is 32.2. The van der Waals surface area contributed by atoms with Crippen LogP contribution in [0.3, 0.4) is 0 Å². The van der Waals surface area contributed by atoms with Crippen LogP contribution in [-0.2, 0) is 14.8 Å². The van der Waals surface area contributed by atoms with Crippen LogP contribution in [0.5, 0.6) is 5.75 Å². The van der Waals surface area contributed by atoms with Gasteiger partial charge in [0.05, 0.1) is 12.0 Å². The van der Waals surface area contributed by atoms with E-state index in [1.165, 1.54) is 26.2 Å². The molecule has 0 spiro atoms. The first-order chi connectivity index (χ1) is 8.36. The standard InChI is InChI=1S/C12H17NO4S/c1-9-8-11(4-5-12(9)17-3)18(15,16)13-7-6-10(2)14/h4-5,8,13H,6-7H2,1-3H3. The summed E-state index contributed by atoms with van der Waals surface area (Å²) in [6.45, 7) is 3.31. The van der Waals surface area contributed by atoms with E-state index in [2.05, 4.69) is 4.72 Å². The van der Waals surface area contributed by atoms with Gasteiger partial charge in [0, 0.05) is 13.0 Å². The lowest BCUT2D eigenvalue weighted by atomic mass is 10.2. The summed E-state index contributed by atoms with van der Waals surface area (Å²) in [5.41, 5.74) is 0.743. The van der Waals surface area contributed by atoms with Crippen LogP contribution >= 0.6 is 0 Å². The smallest absolute Gasteiger partial charge is 0.240 e. The van der Waals surface area contributed by atoms with Crippen LogP contribution in [0.4, 0.5) is 0 Å². The van der Waals surface area contributed by atoms with Crippen molar-refractivity contribution in [1.29, 1.82) is 0 Å². The fraction of sp³-hybridized carbons (Fsp3) is 0.417. The Morgan fingerprint density at radius 3 is 2.56 bits per heavy atom. The molecular formula is C12H17NO4S. The number of rotatable bonds is 6. The second-order valence-corrected chi connectivity index (χ2v) is 5.75. The minimum Gasteiger partial charge on any atom is -0.496 e. The summed E-state index contributed by atoms with van der Waals surface area (Å²) in [7, 11) is -2.03. The molecule has 0 amide bonds. The Morgan fingerprint density at radius 1 is 1.39 bits per heavy atom. The maximum absolute atomic E-state index is 11.9. The van der Waals surface area contributed by atoms with Crippen LogP contribution in [0.25, 0.3) is 0 Å². The number of hydrogen-bond acceptors (Lipinski definition) is 4. The normalized spacial score (nSPS) is 11.3. The van der Waals surface area contributed by atoms with Gasteiger partial charge in [0.15, 0.2) is 0 Å². The number of ether oxygens (including phenoxy) is 1. The monoisotopic (exact) mass is 271 g/mol. The van der Waals surface area contributed by atoms with Gasteiger partial charge in [0.2, 0.25) is 10.0 Å². The van der Waals surface area contributed by atoms with E-state index in [1.54, 1.807) is 13.0 Å². The Balaban J connectivity index is 2.85. The quantitative estimate of drug-likeness (QED) is 0.845. The third-order valence-electron chi connectivity index (χ3n) is 2.45. The Hall–Kier alpha value is -1.40. The molecule has 0 aromatic heterocycles. The second kappa shape index (κ2) is 5.97. The highest BCUT2D eigenvalue weighted by molar-refractivity contribution is 7.89. The van der Waals surface area contributed by atoms with E-state index in [9.17, 15) is 13.2 Å². The maximum Gasteiger partial charge on any atom is 0.240 e. The molecule has 0 aliphatic carbocycles. The zero-order valence-corrected chi connectivity index (χ0v) is 11.5. The molecule has 5 nitrogen and oxygen atoms in total. The molecule has 0 unspecified atom stereocenters. The van der Waals surface area contributed by atoms with E-state index >= 15 is 0 Å². The first kappa shape index (κ1) is 14.7. The summed E-state index contributed by atoms with van der Waals surface area (Å²) in [6, 6.07) is 4.62. The SMILES string of the molecule is COc1ccc(S(=O)(=O)NCCC(C)=O)cc1C. The molecule has 0 aliphatic heterocycles. The summed E-state index contributed by atoms with van der Waals surface area (Å²) in [4.78, 5) is 10.9. The lowest BCUT2D eigenvalue weighted by molar-refractivity contribution is -0.116. The van der Waals surface area contributed by atoms with Crippen molar-refractivity contribution in [2.45, 2.75) is 25.2 Å². The molecule has 1 rings (SSSR count). The number of aryl methyl sites for hydroxylation is 1. The number of benzene rings is 1. The van der Waals surface area contributed by atoms with Crippen LogP contribution in [0.2, 0.25) is 0 Å². The van der Waals surface area contributed by atoms with Crippen molar-refractivity contribution in [3.05, 3.63) is 23.8 Å². The second-order valence-electron chi connectivity index (χ2n) is 3.98. The molecule has 1 aromatic rings. The third kappa shape index (κ3) is 3.82. The molecule has 18 heavy (non-hydrogen) atoms. The highest BCUT2D eigenvalue weighted by Crippen LogP contribution is 2.21. The highest BCUT2D eigenvalue weighted by Gasteiger charge is 2.14. The van der Waals surface area contributed by atoms with Crippen molar-refractivity contribution in [2.75, 3.05) is 13.7 Å². The van der Waals surface area contributed by atoms with Crippen LogP contribution in [0, 0.1) is 6.92 Å². The lowest BCUT2D eigenvalue weighted by Gasteiger charge is -2.09. The van der Waals surface area contributed by atoms with Crippen LogP contribution in [0.1, 0.15) is 18.9 Å². The van der Waals surface area contributed by atoms with Gasteiger partial charge in [0.25, 0.3) is 0 Å². The molecule has 0 radical (unpaired) electrons. The fourth-order valence-corrected chi connectivity index (χ4v) is 2.58. The van der Waals surface area contributed by atoms with Gasteiger partial charge in [0.1, 0.15) is 11.5 Å². The Kier molecular flexibility index (Phi) is 4.86. The van der Waals surface area contributed by atoms with Gasteiger partial charge in [-0.15, -0.1) is 0 Å². The molecule has 1 N–H and O–H groups in total. The fourth-order valence-electron chi connectivity index (χ4n) is 1.46. The van der Waals surface area contributed by atoms with E-state index in [0.717, 1.165) is 5.56 Å². The molecule has 0 saturated carbocycles. The number of Topliss-reactive ketones (excluding diaryl/α,β-unsaturated/α-hetero) is 1. The number of carbonyl (C=O) groups excluding carboxylic acids is 1. The predicted molar refractivity (Wildman–Crippen MR) is 68.2 cm³/mol. The Labute approximate surface area is 107 Å². The van der Waals surface area contributed by atoms with Crippen LogP contribution in [0.15, 0.2) is 23.1 Å². The van der Waals surface area contributed by atoms with Gasteiger partial charge in [-0.3, -0.25) is 4.79 Å². The number of sulfonamides is 1. The van der Waals surface area contributed by atoms with Gasteiger partial charge in [-0.05, 0) is 37.6 Å². The molecule has 1 aromatic carbocycles.